The molecule has 1 aromatic carbocycles. The summed E-state index contributed by atoms with van der Waals surface area (Å²) in [5, 5.41) is 3.43. The van der Waals surface area contributed by atoms with E-state index in [4.69, 9.17) is 9.47 Å². The van der Waals surface area contributed by atoms with E-state index in [1.54, 1.807) is 7.05 Å². The molecule has 2 heterocycles. The first-order chi connectivity index (χ1) is 14.1. The molecule has 1 aliphatic carbocycles. The molecule has 7 heteroatoms. The highest BCUT2D eigenvalue weighted by Crippen LogP contribution is 2.42. The van der Waals surface area contributed by atoms with E-state index in [2.05, 4.69) is 15.2 Å². The predicted molar refractivity (Wildman–Crippen MR) is 108 cm³/mol. The van der Waals surface area contributed by atoms with Crippen LogP contribution in [0.4, 0.5) is 8.78 Å². The van der Waals surface area contributed by atoms with Crippen molar-refractivity contribution in [3.8, 4) is 0 Å². The van der Waals surface area contributed by atoms with Crippen LogP contribution in [-0.4, -0.2) is 63.0 Å². The molecular weight excluding hydrogens is 376 g/mol. The highest BCUT2D eigenvalue weighted by Gasteiger charge is 2.40. The summed E-state index contributed by atoms with van der Waals surface area (Å²) in [5.74, 6) is -0.138. The van der Waals surface area contributed by atoms with Gasteiger partial charge in [-0.3, -0.25) is 4.99 Å². The molecule has 1 N–H and O–H groups in total. The van der Waals surface area contributed by atoms with Gasteiger partial charge < -0.3 is 19.7 Å². The lowest BCUT2D eigenvalue weighted by atomic mass is 9.78. The first-order valence-corrected chi connectivity index (χ1v) is 10.8. The Kier molecular flexibility index (Phi) is 6.35. The van der Waals surface area contributed by atoms with Crippen molar-refractivity contribution in [2.75, 3.05) is 39.9 Å². The summed E-state index contributed by atoms with van der Waals surface area (Å²) in [6, 6.07) is 4.16. The Balaban J connectivity index is 1.46. The smallest absolute Gasteiger partial charge is 0.193 e. The van der Waals surface area contributed by atoms with Gasteiger partial charge in [-0.05, 0) is 37.8 Å². The monoisotopic (exact) mass is 407 g/mol. The maximum absolute atomic E-state index is 14.6. The molecule has 0 spiro atoms. The molecular formula is C22H31F2N3O2. The molecule has 1 aromatic rings. The molecule has 0 aromatic heterocycles. The Morgan fingerprint density at radius 1 is 1.14 bits per heavy atom. The van der Waals surface area contributed by atoms with Gasteiger partial charge in [0, 0.05) is 44.3 Å². The van der Waals surface area contributed by atoms with Gasteiger partial charge in [-0.1, -0.05) is 18.9 Å². The third kappa shape index (κ3) is 4.26. The topological polar surface area (TPSA) is 46.1 Å². The SMILES string of the molecule is CN=C(NCC1(c2c(F)cccc2F)CCCC1)N1CCOC(C2CCCO2)C1. The van der Waals surface area contributed by atoms with Crippen LogP contribution >= 0.6 is 0 Å². The fraction of sp³-hybridized carbons (Fsp3) is 0.682. The van der Waals surface area contributed by atoms with Crippen molar-refractivity contribution in [1.82, 2.24) is 10.2 Å². The van der Waals surface area contributed by atoms with Gasteiger partial charge in [0.2, 0.25) is 0 Å². The number of benzene rings is 1. The van der Waals surface area contributed by atoms with E-state index in [1.807, 2.05) is 0 Å². The summed E-state index contributed by atoms with van der Waals surface area (Å²) in [6.07, 6.45) is 5.79. The maximum Gasteiger partial charge on any atom is 0.193 e. The Labute approximate surface area is 171 Å². The Morgan fingerprint density at radius 2 is 1.86 bits per heavy atom. The van der Waals surface area contributed by atoms with Crippen molar-refractivity contribution >= 4 is 5.96 Å². The normalized spacial score (nSPS) is 27.4. The number of morpholine rings is 1. The van der Waals surface area contributed by atoms with E-state index in [1.165, 1.54) is 18.2 Å². The van der Waals surface area contributed by atoms with E-state index < -0.39 is 17.0 Å². The zero-order valence-corrected chi connectivity index (χ0v) is 17.1. The van der Waals surface area contributed by atoms with Crippen LogP contribution in [0, 0.1) is 11.6 Å². The van der Waals surface area contributed by atoms with Gasteiger partial charge in [-0.2, -0.15) is 0 Å². The molecule has 3 aliphatic rings. The fourth-order valence-electron chi connectivity index (χ4n) is 5.14. The first kappa shape index (κ1) is 20.5. The zero-order chi connectivity index (χ0) is 20.3. The van der Waals surface area contributed by atoms with Crippen molar-refractivity contribution in [1.29, 1.82) is 0 Å². The quantitative estimate of drug-likeness (QED) is 0.615. The molecule has 3 fully saturated rings. The second kappa shape index (κ2) is 8.96. The number of aliphatic imine (C=N–C) groups is 1. The lowest BCUT2D eigenvalue weighted by molar-refractivity contribution is -0.0817. The van der Waals surface area contributed by atoms with E-state index in [-0.39, 0.29) is 17.8 Å². The number of nitrogens with zero attached hydrogens (tertiary/aromatic N) is 2. The maximum atomic E-state index is 14.6. The number of hydrogen-bond donors (Lipinski definition) is 1. The Hall–Kier alpha value is -1.73. The lowest BCUT2D eigenvalue weighted by Crippen LogP contribution is -2.55. The molecule has 0 radical (unpaired) electrons. The van der Waals surface area contributed by atoms with Crippen LogP contribution in [-0.2, 0) is 14.9 Å². The van der Waals surface area contributed by atoms with Gasteiger partial charge in [0.25, 0.3) is 0 Å². The summed E-state index contributed by atoms with van der Waals surface area (Å²) in [5.41, 5.74) is -0.314. The van der Waals surface area contributed by atoms with Crippen molar-refractivity contribution in [3.05, 3.63) is 35.4 Å². The minimum atomic E-state index is -0.536. The summed E-state index contributed by atoms with van der Waals surface area (Å²) >= 11 is 0. The van der Waals surface area contributed by atoms with Crippen molar-refractivity contribution in [3.63, 3.8) is 0 Å². The Morgan fingerprint density at radius 3 is 2.52 bits per heavy atom. The van der Waals surface area contributed by atoms with Crippen molar-refractivity contribution in [2.45, 2.75) is 56.1 Å². The molecule has 29 heavy (non-hydrogen) atoms. The summed E-state index contributed by atoms with van der Waals surface area (Å²) < 4.78 is 40.9. The van der Waals surface area contributed by atoms with Crippen molar-refractivity contribution < 1.29 is 18.3 Å². The molecule has 1 saturated carbocycles. The van der Waals surface area contributed by atoms with Crippen LogP contribution in [0.1, 0.15) is 44.1 Å². The third-order valence-electron chi connectivity index (χ3n) is 6.62. The largest absolute Gasteiger partial charge is 0.375 e. The summed E-state index contributed by atoms with van der Waals surface area (Å²) in [6.45, 7) is 3.35. The van der Waals surface area contributed by atoms with Gasteiger partial charge in [0.15, 0.2) is 5.96 Å². The highest BCUT2D eigenvalue weighted by molar-refractivity contribution is 5.80. The lowest BCUT2D eigenvalue weighted by Gasteiger charge is -2.38. The highest BCUT2D eigenvalue weighted by atomic mass is 19.1. The standard InChI is InChI=1S/C22H31F2N3O2/c1-25-21(27-11-13-29-19(14-27)18-8-5-12-28-18)26-15-22(9-2-3-10-22)20-16(23)6-4-7-17(20)24/h4,6-7,18-19H,2-3,5,8-15H2,1H3,(H,25,26). The van der Waals surface area contributed by atoms with E-state index >= 15 is 0 Å². The molecule has 2 unspecified atom stereocenters. The van der Waals surface area contributed by atoms with Gasteiger partial charge in [0.05, 0.1) is 12.7 Å². The molecule has 2 saturated heterocycles. The number of rotatable bonds is 4. The zero-order valence-electron chi connectivity index (χ0n) is 17.1. The molecule has 160 valence electrons. The van der Waals surface area contributed by atoms with E-state index in [0.717, 1.165) is 57.6 Å². The number of nitrogens with one attached hydrogen (secondary N) is 1. The minimum absolute atomic E-state index is 0.0363. The molecule has 2 atom stereocenters. The van der Waals surface area contributed by atoms with Crippen LogP contribution < -0.4 is 5.32 Å². The van der Waals surface area contributed by atoms with Crippen LogP contribution in [0.15, 0.2) is 23.2 Å². The average Bonchev–Trinajstić information content (AvgIpc) is 3.42. The van der Waals surface area contributed by atoms with Gasteiger partial charge in [-0.25, -0.2) is 8.78 Å². The van der Waals surface area contributed by atoms with Crippen LogP contribution in [0.5, 0.6) is 0 Å². The van der Waals surface area contributed by atoms with Crippen LogP contribution in [0.3, 0.4) is 0 Å². The summed E-state index contributed by atoms with van der Waals surface area (Å²) in [7, 11) is 1.75. The third-order valence-corrected chi connectivity index (χ3v) is 6.62. The average molecular weight is 408 g/mol. The molecule has 0 bridgehead atoms. The van der Waals surface area contributed by atoms with Crippen molar-refractivity contribution in [2.24, 2.45) is 4.99 Å². The second-order valence-corrected chi connectivity index (χ2v) is 8.39. The predicted octanol–water partition coefficient (Wildman–Crippen LogP) is 3.23. The van der Waals surface area contributed by atoms with Crippen LogP contribution in [0.25, 0.3) is 0 Å². The van der Waals surface area contributed by atoms with E-state index in [0.29, 0.717) is 19.7 Å². The van der Waals surface area contributed by atoms with Gasteiger partial charge in [-0.15, -0.1) is 0 Å². The minimum Gasteiger partial charge on any atom is -0.375 e. The molecule has 0 amide bonds. The van der Waals surface area contributed by atoms with E-state index in [9.17, 15) is 8.78 Å². The summed E-state index contributed by atoms with van der Waals surface area (Å²) in [4.78, 5) is 6.63. The molecule has 5 nitrogen and oxygen atoms in total. The van der Waals surface area contributed by atoms with Gasteiger partial charge in [0.1, 0.15) is 17.7 Å². The number of ether oxygens (including phenoxy) is 2. The van der Waals surface area contributed by atoms with Gasteiger partial charge >= 0.3 is 0 Å². The van der Waals surface area contributed by atoms with Crippen LogP contribution in [0.2, 0.25) is 0 Å². The number of guanidine groups is 1. The molecule has 4 rings (SSSR count). The fourth-order valence-corrected chi connectivity index (χ4v) is 5.14. The number of halogens is 2. The second-order valence-electron chi connectivity index (χ2n) is 8.39. The Bertz CT molecular complexity index is 711. The first-order valence-electron chi connectivity index (χ1n) is 10.8. The molecule has 2 aliphatic heterocycles. The number of hydrogen-bond acceptors (Lipinski definition) is 3.